The molecule has 0 spiro atoms. The minimum atomic E-state index is -3.64. The molecule has 0 saturated carbocycles. The van der Waals surface area contributed by atoms with Crippen molar-refractivity contribution in [2.45, 2.75) is 38.5 Å². The standard InChI is InChI=1S/C9H20F2N2O2S/c1-7(2)12-5-8(3)16(14,15)13(4)6-9(10)11/h7-9,12H,5-6H2,1-4H3. The third-order valence-corrected chi connectivity index (χ3v) is 4.35. The van der Waals surface area contributed by atoms with Gasteiger partial charge in [0.25, 0.3) is 6.43 Å². The van der Waals surface area contributed by atoms with Gasteiger partial charge in [-0.2, -0.15) is 4.31 Å². The van der Waals surface area contributed by atoms with Gasteiger partial charge in [-0.3, -0.25) is 0 Å². The second-order valence-corrected chi connectivity index (χ2v) is 6.55. The van der Waals surface area contributed by atoms with Crippen molar-refractivity contribution in [3.8, 4) is 0 Å². The Hall–Kier alpha value is -0.270. The monoisotopic (exact) mass is 258 g/mol. The minimum absolute atomic E-state index is 0.165. The van der Waals surface area contributed by atoms with Crippen LogP contribution >= 0.6 is 0 Å². The molecule has 0 saturated heterocycles. The summed E-state index contributed by atoms with van der Waals surface area (Å²) in [4.78, 5) is 0. The van der Waals surface area contributed by atoms with Crippen molar-refractivity contribution in [2.75, 3.05) is 20.1 Å². The summed E-state index contributed by atoms with van der Waals surface area (Å²) in [6.45, 7) is 4.79. The van der Waals surface area contributed by atoms with E-state index in [-0.39, 0.29) is 12.6 Å². The summed E-state index contributed by atoms with van der Waals surface area (Å²) in [5, 5.41) is 2.26. The van der Waals surface area contributed by atoms with E-state index in [0.29, 0.717) is 4.31 Å². The van der Waals surface area contributed by atoms with Crippen molar-refractivity contribution in [1.29, 1.82) is 0 Å². The normalized spacial score (nSPS) is 15.1. The zero-order chi connectivity index (χ0) is 12.9. The van der Waals surface area contributed by atoms with Gasteiger partial charge in [0, 0.05) is 19.6 Å². The molecule has 1 atom stereocenters. The van der Waals surface area contributed by atoms with E-state index in [1.54, 1.807) is 0 Å². The van der Waals surface area contributed by atoms with E-state index >= 15 is 0 Å². The van der Waals surface area contributed by atoms with Crippen LogP contribution in [0, 0.1) is 0 Å². The van der Waals surface area contributed by atoms with Crippen LogP contribution in [0.15, 0.2) is 0 Å². The van der Waals surface area contributed by atoms with Crippen molar-refractivity contribution >= 4 is 10.0 Å². The van der Waals surface area contributed by atoms with Crippen molar-refractivity contribution < 1.29 is 17.2 Å². The van der Waals surface area contributed by atoms with Gasteiger partial charge in [-0.1, -0.05) is 13.8 Å². The average molecular weight is 258 g/mol. The van der Waals surface area contributed by atoms with Crippen LogP contribution in [-0.2, 0) is 10.0 Å². The Morgan fingerprint density at radius 1 is 1.25 bits per heavy atom. The number of halogens is 2. The van der Waals surface area contributed by atoms with E-state index in [1.165, 1.54) is 14.0 Å². The summed E-state index contributed by atoms with van der Waals surface area (Å²) in [7, 11) is -2.46. The molecule has 7 heteroatoms. The summed E-state index contributed by atoms with van der Waals surface area (Å²) in [5.74, 6) is 0. The summed E-state index contributed by atoms with van der Waals surface area (Å²) < 4.78 is 48.3. The van der Waals surface area contributed by atoms with Gasteiger partial charge in [0.2, 0.25) is 10.0 Å². The molecule has 0 aromatic rings. The van der Waals surface area contributed by atoms with E-state index < -0.39 is 28.2 Å². The van der Waals surface area contributed by atoms with Crippen LogP contribution in [0.1, 0.15) is 20.8 Å². The number of rotatable bonds is 7. The molecule has 0 radical (unpaired) electrons. The number of nitrogens with zero attached hydrogens (tertiary/aromatic N) is 1. The highest BCUT2D eigenvalue weighted by Crippen LogP contribution is 2.08. The van der Waals surface area contributed by atoms with Gasteiger partial charge in [0.05, 0.1) is 11.8 Å². The van der Waals surface area contributed by atoms with Crippen molar-refractivity contribution in [3.05, 3.63) is 0 Å². The second kappa shape index (κ2) is 6.46. The Balaban J connectivity index is 4.41. The smallest absolute Gasteiger partial charge is 0.252 e. The average Bonchev–Trinajstić information content (AvgIpc) is 2.12. The summed E-state index contributed by atoms with van der Waals surface area (Å²) in [5.41, 5.74) is 0. The predicted molar refractivity (Wildman–Crippen MR) is 60.2 cm³/mol. The van der Waals surface area contributed by atoms with Gasteiger partial charge in [-0.25, -0.2) is 17.2 Å². The van der Waals surface area contributed by atoms with Gasteiger partial charge in [-0.15, -0.1) is 0 Å². The molecule has 1 unspecified atom stereocenters. The Kier molecular flexibility index (Phi) is 6.35. The molecular weight excluding hydrogens is 238 g/mol. The number of nitrogens with one attached hydrogen (secondary N) is 1. The van der Waals surface area contributed by atoms with Gasteiger partial charge in [-0.05, 0) is 6.92 Å². The quantitative estimate of drug-likeness (QED) is 0.738. The highest BCUT2D eigenvalue weighted by molar-refractivity contribution is 7.89. The molecule has 0 bridgehead atoms. The molecular formula is C9H20F2N2O2S. The Morgan fingerprint density at radius 3 is 2.12 bits per heavy atom. The number of sulfonamides is 1. The van der Waals surface area contributed by atoms with Gasteiger partial charge in [0.15, 0.2) is 0 Å². The van der Waals surface area contributed by atoms with E-state index in [9.17, 15) is 17.2 Å². The first-order valence-electron chi connectivity index (χ1n) is 5.14. The molecule has 98 valence electrons. The number of alkyl halides is 2. The van der Waals surface area contributed by atoms with E-state index in [0.717, 1.165) is 0 Å². The van der Waals surface area contributed by atoms with Crippen LogP contribution in [0.2, 0.25) is 0 Å². The summed E-state index contributed by atoms with van der Waals surface area (Å²) in [6.07, 6.45) is -2.65. The molecule has 4 nitrogen and oxygen atoms in total. The number of hydrogen-bond donors (Lipinski definition) is 1. The fourth-order valence-electron chi connectivity index (χ4n) is 1.11. The van der Waals surface area contributed by atoms with Crippen LogP contribution in [0.5, 0.6) is 0 Å². The van der Waals surface area contributed by atoms with Crippen LogP contribution in [-0.4, -0.2) is 50.6 Å². The molecule has 0 aromatic carbocycles. The SMILES string of the molecule is CC(C)NCC(C)S(=O)(=O)N(C)CC(F)F. The lowest BCUT2D eigenvalue weighted by Gasteiger charge is -2.22. The molecule has 16 heavy (non-hydrogen) atoms. The van der Waals surface area contributed by atoms with Crippen LogP contribution in [0.4, 0.5) is 8.78 Å². The lowest BCUT2D eigenvalue weighted by molar-refractivity contribution is 0.126. The number of hydrogen-bond acceptors (Lipinski definition) is 3. The molecule has 0 aliphatic rings. The van der Waals surface area contributed by atoms with Crippen molar-refractivity contribution in [1.82, 2.24) is 9.62 Å². The Morgan fingerprint density at radius 2 is 1.75 bits per heavy atom. The first kappa shape index (κ1) is 15.7. The van der Waals surface area contributed by atoms with Crippen molar-refractivity contribution in [2.24, 2.45) is 0 Å². The molecule has 0 amide bonds. The molecule has 0 rings (SSSR count). The first-order valence-corrected chi connectivity index (χ1v) is 6.65. The van der Waals surface area contributed by atoms with Crippen LogP contribution in [0.3, 0.4) is 0 Å². The zero-order valence-corrected chi connectivity index (χ0v) is 10.9. The maximum absolute atomic E-state index is 12.1. The molecule has 0 aliphatic heterocycles. The highest BCUT2D eigenvalue weighted by atomic mass is 32.2. The molecule has 0 heterocycles. The van der Waals surface area contributed by atoms with E-state index in [1.807, 2.05) is 13.8 Å². The van der Waals surface area contributed by atoms with Crippen molar-refractivity contribution in [3.63, 3.8) is 0 Å². The molecule has 0 aliphatic carbocycles. The van der Waals surface area contributed by atoms with Crippen LogP contribution < -0.4 is 5.32 Å². The Bertz CT molecular complexity index is 294. The van der Waals surface area contributed by atoms with E-state index in [2.05, 4.69) is 5.32 Å². The summed E-state index contributed by atoms with van der Waals surface area (Å²) >= 11 is 0. The van der Waals surface area contributed by atoms with Gasteiger partial charge < -0.3 is 5.32 Å². The van der Waals surface area contributed by atoms with Gasteiger partial charge in [0.1, 0.15) is 0 Å². The summed E-state index contributed by atoms with van der Waals surface area (Å²) in [6, 6.07) is 0.165. The third kappa shape index (κ3) is 5.18. The molecule has 0 aromatic heterocycles. The first-order chi connectivity index (χ1) is 7.17. The fourth-order valence-corrected chi connectivity index (χ4v) is 2.35. The zero-order valence-electron chi connectivity index (χ0n) is 10.1. The van der Waals surface area contributed by atoms with Gasteiger partial charge >= 0.3 is 0 Å². The maximum Gasteiger partial charge on any atom is 0.252 e. The fraction of sp³-hybridized carbons (Fsp3) is 1.00. The third-order valence-electron chi connectivity index (χ3n) is 2.15. The largest absolute Gasteiger partial charge is 0.313 e. The van der Waals surface area contributed by atoms with E-state index in [4.69, 9.17) is 0 Å². The lowest BCUT2D eigenvalue weighted by Crippen LogP contribution is -2.43. The predicted octanol–water partition coefficient (Wildman–Crippen LogP) is 0.900. The molecule has 1 N–H and O–H groups in total. The Labute approximate surface area is 96.1 Å². The highest BCUT2D eigenvalue weighted by Gasteiger charge is 2.27. The maximum atomic E-state index is 12.1. The lowest BCUT2D eigenvalue weighted by atomic mass is 10.3. The topological polar surface area (TPSA) is 49.4 Å². The second-order valence-electron chi connectivity index (χ2n) is 4.09. The van der Waals surface area contributed by atoms with Crippen LogP contribution in [0.25, 0.3) is 0 Å². The minimum Gasteiger partial charge on any atom is -0.313 e. The molecule has 0 fully saturated rings.